The van der Waals surface area contributed by atoms with Gasteiger partial charge in [-0.15, -0.1) is 16.4 Å². The molecule has 132 valence electrons. The van der Waals surface area contributed by atoms with Gasteiger partial charge in [-0.3, -0.25) is 0 Å². The van der Waals surface area contributed by atoms with Gasteiger partial charge >= 0.3 is 0 Å². The van der Waals surface area contributed by atoms with Crippen LogP contribution in [0.15, 0.2) is 48.1 Å². The maximum atomic E-state index is 6.05. The third kappa shape index (κ3) is 2.60. The maximum absolute atomic E-state index is 6.05. The molecule has 3 aromatic heterocycles. The van der Waals surface area contributed by atoms with Crippen LogP contribution >= 0.6 is 22.9 Å². The van der Waals surface area contributed by atoms with Crippen LogP contribution in [-0.2, 0) is 0 Å². The van der Waals surface area contributed by atoms with Gasteiger partial charge in [-0.2, -0.15) is 4.68 Å². The number of hydrogen-bond acceptors (Lipinski definition) is 5. The topological polar surface area (TPSA) is 56.5 Å². The SMILES string of the molecule is Cc1cc2nnn(-c3ncnc4scc(-c5ccc(Cl)cc5)c34)c2cc1C. The molecular formula is C20H14ClN5S. The average Bonchev–Trinajstić information content (AvgIpc) is 3.27. The van der Waals surface area contributed by atoms with E-state index in [0.29, 0.717) is 5.02 Å². The van der Waals surface area contributed by atoms with Crippen molar-refractivity contribution < 1.29 is 0 Å². The van der Waals surface area contributed by atoms with Gasteiger partial charge in [0.05, 0.1) is 10.9 Å². The van der Waals surface area contributed by atoms with Crippen molar-refractivity contribution in [2.24, 2.45) is 0 Å². The summed E-state index contributed by atoms with van der Waals surface area (Å²) in [6.07, 6.45) is 1.58. The molecule has 0 saturated heterocycles. The molecule has 5 rings (SSSR count). The zero-order valence-electron chi connectivity index (χ0n) is 14.6. The molecule has 5 aromatic rings. The number of aryl methyl sites for hydroxylation is 2. The highest BCUT2D eigenvalue weighted by atomic mass is 35.5. The van der Waals surface area contributed by atoms with Crippen molar-refractivity contribution in [1.29, 1.82) is 0 Å². The average molecular weight is 392 g/mol. The van der Waals surface area contributed by atoms with Gasteiger partial charge in [0.1, 0.15) is 16.7 Å². The fourth-order valence-corrected chi connectivity index (χ4v) is 4.23. The van der Waals surface area contributed by atoms with E-state index in [0.717, 1.165) is 38.2 Å². The van der Waals surface area contributed by atoms with E-state index in [1.807, 2.05) is 24.3 Å². The molecule has 0 saturated carbocycles. The first-order chi connectivity index (χ1) is 13.1. The van der Waals surface area contributed by atoms with E-state index < -0.39 is 0 Å². The molecule has 3 heterocycles. The number of fused-ring (bicyclic) bond motifs is 2. The highest BCUT2D eigenvalue weighted by molar-refractivity contribution is 7.17. The Labute approximate surface area is 164 Å². The van der Waals surface area contributed by atoms with Gasteiger partial charge in [0.2, 0.25) is 0 Å². The molecule has 2 aromatic carbocycles. The van der Waals surface area contributed by atoms with Gasteiger partial charge < -0.3 is 0 Å². The van der Waals surface area contributed by atoms with Crippen LogP contribution in [0.1, 0.15) is 11.1 Å². The summed E-state index contributed by atoms with van der Waals surface area (Å²) in [5, 5.41) is 12.5. The van der Waals surface area contributed by atoms with Gasteiger partial charge in [-0.25, -0.2) is 9.97 Å². The summed E-state index contributed by atoms with van der Waals surface area (Å²) in [6, 6.07) is 12.0. The molecule has 0 bridgehead atoms. The number of nitrogens with zero attached hydrogens (tertiary/aromatic N) is 5. The Morgan fingerprint density at radius 2 is 1.78 bits per heavy atom. The quantitative estimate of drug-likeness (QED) is 0.406. The minimum atomic E-state index is 0.711. The summed E-state index contributed by atoms with van der Waals surface area (Å²) in [7, 11) is 0. The summed E-state index contributed by atoms with van der Waals surface area (Å²) in [5.41, 5.74) is 6.31. The Balaban J connectivity index is 1.81. The van der Waals surface area contributed by atoms with Crippen molar-refractivity contribution >= 4 is 44.2 Å². The summed E-state index contributed by atoms with van der Waals surface area (Å²) in [5.74, 6) is 0.733. The zero-order chi connectivity index (χ0) is 18.5. The number of aromatic nitrogens is 5. The minimum absolute atomic E-state index is 0.711. The number of thiophene rings is 1. The monoisotopic (exact) mass is 391 g/mol. The lowest BCUT2D eigenvalue weighted by Crippen LogP contribution is -2.01. The second kappa shape index (κ2) is 6.11. The summed E-state index contributed by atoms with van der Waals surface area (Å²) >= 11 is 7.64. The normalized spacial score (nSPS) is 11.5. The number of hydrogen-bond donors (Lipinski definition) is 0. The number of halogens is 1. The van der Waals surface area contributed by atoms with Crippen LogP contribution in [0.3, 0.4) is 0 Å². The highest BCUT2D eigenvalue weighted by Crippen LogP contribution is 2.36. The Bertz CT molecular complexity index is 1300. The lowest BCUT2D eigenvalue weighted by atomic mass is 10.1. The van der Waals surface area contributed by atoms with Gasteiger partial charge in [-0.05, 0) is 54.8 Å². The standard InChI is InChI=1S/C20H14ClN5S/c1-11-7-16-17(8-12(11)2)26(25-24-16)19-18-15(9-27-20(18)23-10-22-19)13-3-5-14(21)6-4-13/h3-10H,1-2H3. The molecule has 0 aliphatic carbocycles. The first kappa shape index (κ1) is 16.4. The second-order valence-electron chi connectivity index (χ2n) is 6.46. The Kier molecular flexibility index (Phi) is 3.70. The Hall–Kier alpha value is -2.83. The molecule has 0 aliphatic rings. The third-order valence-electron chi connectivity index (χ3n) is 4.77. The predicted octanol–water partition coefficient (Wildman–Crippen LogP) is 5.36. The minimum Gasteiger partial charge on any atom is -0.225 e. The lowest BCUT2D eigenvalue weighted by Gasteiger charge is -2.07. The maximum Gasteiger partial charge on any atom is 0.168 e. The second-order valence-corrected chi connectivity index (χ2v) is 7.75. The molecule has 0 radical (unpaired) electrons. The lowest BCUT2D eigenvalue weighted by molar-refractivity contribution is 0.805. The van der Waals surface area contributed by atoms with Gasteiger partial charge in [0.25, 0.3) is 0 Å². The predicted molar refractivity (Wildman–Crippen MR) is 110 cm³/mol. The van der Waals surface area contributed by atoms with Gasteiger partial charge in [0, 0.05) is 16.0 Å². The van der Waals surface area contributed by atoms with Crippen LogP contribution in [-0.4, -0.2) is 25.0 Å². The first-order valence-corrected chi connectivity index (χ1v) is 9.69. The molecule has 7 heteroatoms. The Morgan fingerprint density at radius 3 is 2.59 bits per heavy atom. The van der Waals surface area contributed by atoms with Crippen molar-refractivity contribution in [1.82, 2.24) is 25.0 Å². The molecule has 0 unspecified atom stereocenters. The molecule has 0 atom stereocenters. The van der Waals surface area contributed by atoms with Crippen molar-refractivity contribution in [3.8, 4) is 16.9 Å². The van der Waals surface area contributed by atoms with Crippen molar-refractivity contribution in [2.45, 2.75) is 13.8 Å². The molecule has 27 heavy (non-hydrogen) atoms. The van der Waals surface area contributed by atoms with Crippen LogP contribution in [0.5, 0.6) is 0 Å². The van der Waals surface area contributed by atoms with Crippen molar-refractivity contribution in [2.75, 3.05) is 0 Å². The Morgan fingerprint density at radius 1 is 1.00 bits per heavy atom. The van der Waals surface area contributed by atoms with Crippen molar-refractivity contribution in [3.63, 3.8) is 0 Å². The fraction of sp³-hybridized carbons (Fsp3) is 0.100. The van der Waals surface area contributed by atoms with E-state index in [-0.39, 0.29) is 0 Å². The van der Waals surface area contributed by atoms with Crippen molar-refractivity contribution in [3.05, 3.63) is 64.3 Å². The molecule has 5 nitrogen and oxygen atoms in total. The number of benzene rings is 2. The third-order valence-corrected chi connectivity index (χ3v) is 5.91. The van der Waals surface area contributed by atoms with E-state index in [4.69, 9.17) is 11.6 Å². The van der Waals surface area contributed by atoms with Crippen LogP contribution < -0.4 is 0 Å². The van der Waals surface area contributed by atoms with E-state index in [1.54, 1.807) is 22.3 Å². The number of rotatable bonds is 2. The molecule has 0 aliphatic heterocycles. The van der Waals surface area contributed by atoms with Gasteiger partial charge in [-0.1, -0.05) is 28.9 Å². The van der Waals surface area contributed by atoms with E-state index >= 15 is 0 Å². The van der Waals surface area contributed by atoms with Crippen LogP contribution in [0, 0.1) is 13.8 Å². The smallest absolute Gasteiger partial charge is 0.168 e. The zero-order valence-corrected chi connectivity index (χ0v) is 16.2. The van der Waals surface area contributed by atoms with E-state index in [1.165, 1.54) is 11.1 Å². The highest BCUT2D eigenvalue weighted by Gasteiger charge is 2.17. The fourth-order valence-electron chi connectivity index (χ4n) is 3.19. The largest absolute Gasteiger partial charge is 0.225 e. The molecule has 0 N–H and O–H groups in total. The summed E-state index contributed by atoms with van der Waals surface area (Å²) in [4.78, 5) is 9.92. The van der Waals surface area contributed by atoms with Crippen LogP contribution in [0.2, 0.25) is 5.02 Å². The van der Waals surface area contributed by atoms with E-state index in [9.17, 15) is 0 Å². The van der Waals surface area contributed by atoms with Crippen LogP contribution in [0.4, 0.5) is 0 Å². The molecule has 0 fully saturated rings. The first-order valence-electron chi connectivity index (χ1n) is 8.43. The van der Waals surface area contributed by atoms with Gasteiger partial charge in [0.15, 0.2) is 5.82 Å². The van der Waals surface area contributed by atoms with Crippen LogP contribution in [0.25, 0.3) is 38.2 Å². The molecular weight excluding hydrogens is 378 g/mol. The molecule has 0 amide bonds. The molecule has 0 spiro atoms. The van der Waals surface area contributed by atoms with E-state index in [2.05, 4.69) is 51.6 Å². The summed E-state index contributed by atoms with van der Waals surface area (Å²) < 4.78 is 1.80. The summed E-state index contributed by atoms with van der Waals surface area (Å²) in [6.45, 7) is 4.17.